The van der Waals surface area contributed by atoms with E-state index in [4.69, 9.17) is 32.5 Å². The average molecular weight is 460 g/mol. The minimum absolute atomic E-state index is 0.140. The number of carbonyl (C=O) groups is 1. The Hall–Kier alpha value is -2.54. The summed E-state index contributed by atoms with van der Waals surface area (Å²) in [6, 6.07) is 15.0. The fourth-order valence-corrected chi connectivity index (χ4v) is 4.08. The zero-order valence-corrected chi connectivity index (χ0v) is 18.7. The predicted octanol–water partition coefficient (Wildman–Crippen LogP) is 4.83. The summed E-state index contributed by atoms with van der Waals surface area (Å²) < 4.78 is 11.1. The smallest absolute Gasteiger partial charge is 0.276 e. The maximum Gasteiger partial charge on any atom is 0.276 e. The number of halogens is 2. The lowest BCUT2D eigenvalue weighted by Crippen LogP contribution is -2.48. The van der Waals surface area contributed by atoms with Gasteiger partial charge in [-0.25, -0.2) is 0 Å². The second-order valence-electron chi connectivity index (χ2n) is 7.44. The summed E-state index contributed by atoms with van der Waals surface area (Å²) in [6.45, 7) is 5.29. The van der Waals surface area contributed by atoms with Gasteiger partial charge < -0.3 is 14.2 Å². The third-order valence-electron chi connectivity index (χ3n) is 5.42. The van der Waals surface area contributed by atoms with Crippen LogP contribution in [0.1, 0.15) is 27.4 Å². The van der Waals surface area contributed by atoms with Gasteiger partial charge in [-0.3, -0.25) is 9.69 Å². The largest absolute Gasteiger partial charge is 0.489 e. The number of piperazine rings is 1. The molecule has 0 spiro atoms. The van der Waals surface area contributed by atoms with Gasteiger partial charge in [-0.15, -0.1) is 0 Å². The molecule has 1 aromatic heterocycles. The van der Waals surface area contributed by atoms with E-state index in [-0.39, 0.29) is 12.5 Å². The summed E-state index contributed by atoms with van der Waals surface area (Å²) in [7, 11) is 0. The van der Waals surface area contributed by atoms with Crippen LogP contribution >= 0.6 is 23.2 Å². The standard InChI is InChI=1S/C23H23Cl2N3O3/c1-16-19(15-30-17-6-3-2-4-7-17)22(26-31-16)23(29)28-12-10-27(11-13-28)14-18-20(24)8-5-9-21(18)25/h2-9H,10-15H2,1H3. The number of hydrogen-bond acceptors (Lipinski definition) is 5. The highest BCUT2D eigenvalue weighted by atomic mass is 35.5. The molecule has 0 bridgehead atoms. The monoisotopic (exact) mass is 459 g/mol. The molecule has 1 fully saturated rings. The van der Waals surface area contributed by atoms with Crippen molar-refractivity contribution in [3.8, 4) is 5.75 Å². The fraction of sp³-hybridized carbons (Fsp3) is 0.304. The first kappa shape index (κ1) is 21.7. The maximum atomic E-state index is 13.1. The lowest BCUT2D eigenvalue weighted by Gasteiger charge is -2.34. The summed E-state index contributed by atoms with van der Waals surface area (Å²) in [5.41, 5.74) is 1.91. The second kappa shape index (κ2) is 9.73. The summed E-state index contributed by atoms with van der Waals surface area (Å²) in [4.78, 5) is 17.1. The molecule has 162 valence electrons. The van der Waals surface area contributed by atoms with E-state index < -0.39 is 0 Å². The molecule has 8 heteroatoms. The van der Waals surface area contributed by atoms with Crippen LogP contribution in [0.5, 0.6) is 5.75 Å². The lowest BCUT2D eigenvalue weighted by atomic mass is 10.1. The van der Waals surface area contributed by atoms with Crippen LogP contribution in [0.4, 0.5) is 0 Å². The van der Waals surface area contributed by atoms with E-state index in [2.05, 4.69) is 10.1 Å². The number of aromatic nitrogens is 1. The molecule has 1 saturated heterocycles. The van der Waals surface area contributed by atoms with E-state index in [1.807, 2.05) is 48.5 Å². The van der Waals surface area contributed by atoms with Gasteiger partial charge in [0.25, 0.3) is 5.91 Å². The van der Waals surface area contributed by atoms with Crippen LogP contribution in [-0.2, 0) is 13.2 Å². The van der Waals surface area contributed by atoms with E-state index in [0.717, 1.165) is 24.4 Å². The second-order valence-corrected chi connectivity index (χ2v) is 8.25. The summed E-state index contributed by atoms with van der Waals surface area (Å²) in [5, 5.41) is 5.34. The SMILES string of the molecule is Cc1onc(C(=O)N2CCN(Cc3c(Cl)cccc3Cl)CC2)c1COc1ccccc1. The molecule has 3 aromatic rings. The molecule has 0 unspecified atom stereocenters. The highest BCUT2D eigenvalue weighted by Crippen LogP contribution is 2.26. The molecule has 0 aliphatic carbocycles. The highest BCUT2D eigenvalue weighted by molar-refractivity contribution is 6.35. The quantitative estimate of drug-likeness (QED) is 0.528. The van der Waals surface area contributed by atoms with Gasteiger partial charge in [-0.05, 0) is 31.2 Å². The number of hydrogen-bond donors (Lipinski definition) is 0. The van der Waals surface area contributed by atoms with Crippen molar-refractivity contribution in [2.24, 2.45) is 0 Å². The Labute approximate surface area is 191 Å². The molecule has 1 amide bonds. The van der Waals surface area contributed by atoms with Crippen molar-refractivity contribution in [1.29, 1.82) is 0 Å². The van der Waals surface area contributed by atoms with E-state index >= 15 is 0 Å². The maximum absolute atomic E-state index is 13.1. The Morgan fingerprint density at radius 1 is 1.00 bits per heavy atom. The first-order chi connectivity index (χ1) is 15.0. The molecule has 1 aliphatic heterocycles. The summed E-state index contributed by atoms with van der Waals surface area (Å²) in [5.74, 6) is 1.18. The lowest BCUT2D eigenvalue weighted by molar-refractivity contribution is 0.0616. The van der Waals surface area contributed by atoms with Crippen molar-refractivity contribution >= 4 is 29.1 Å². The molecule has 31 heavy (non-hydrogen) atoms. The normalized spacial score (nSPS) is 14.6. The van der Waals surface area contributed by atoms with Crippen LogP contribution in [-0.4, -0.2) is 47.0 Å². The van der Waals surface area contributed by atoms with Gasteiger partial charge in [0.15, 0.2) is 5.69 Å². The van der Waals surface area contributed by atoms with Crippen LogP contribution in [0.3, 0.4) is 0 Å². The number of rotatable bonds is 6. The summed E-state index contributed by atoms with van der Waals surface area (Å²) in [6.07, 6.45) is 0. The van der Waals surface area contributed by atoms with E-state index in [9.17, 15) is 4.79 Å². The third kappa shape index (κ3) is 5.03. The molecular formula is C23H23Cl2N3O3. The molecule has 2 heterocycles. The fourth-order valence-electron chi connectivity index (χ4n) is 3.57. The zero-order chi connectivity index (χ0) is 21.8. The molecule has 0 atom stereocenters. The van der Waals surface area contributed by atoms with E-state index in [0.29, 0.717) is 46.7 Å². The molecule has 6 nitrogen and oxygen atoms in total. The van der Waals surface area contributed by atoms with Crippen LogP contribution in [0, 0.1) is 6.92 Å². The number of aryl methyl sites for hydroxylation is 1. The number of carbonyl (C=O) groups excluding carboxylic acids is 1. The van der Waals surface area contributed by atoms with Crippen molar-refractivity contribution < 1.29 is 14.1 Å². The van der Waals surface area contributed by atoms with Gasteiger partial charge in [-0.1, -0.05) is 52.6 Å². The van der Waals surface area contributed by atoms with Gasteiger partial charge in [0.05, 0.1) is 5.56 Å². The molecule has 0 radical (unpaired) electrons. The highest BCUT2D eigenvalue weighted by Gasteiger charge is 2.28. The minimum atomic E-state index is -0.140. The minimum Gasteiger partial charge on any atom is -0.489 e. The van der Waals surface area contributed by atoms with Crippen molar-refractivity contribution in [3.05, 3.63) is 81.2 Å². The Bertz CT molecular complexity index is 1030. The molecule has 2 aromatic carbocycles. The first-order valence-corrected chi connectivity index (χ1v) is 10.9. The van der Waals surface area contributed by atoms with Crippen LogP contribution < -0.4 is 4.74 Å². The van der Waals surface area contributed by atoms with E-state index in [1.165, 1.54) is 0 Å². The topological polar surface area (TPSA) is 58.8 Å². The molecule has 0 saturated carbocycles. The Morgan fingerprint density at radius 3 is 2.35 bits per heavy atom. The number of para-hydroxylation sites is 1. The average Bonchev–Trinajstić information content (AvgIpc) is 3.16. The van der Waals surface area contributed by atoms with Gasteiger partial charge in [-0.2, -0.15) is 0 Å². The van der Waals surface area contributed by atoms with Crippen LogP contribution in [0.25, 0.3) is 0 Å². The summed E-state index contributed by atoms with van der Waals surface area (Å²) >= 11 is 12.6. The molecular weight excluding hydrogens is 437 g/mol. The molecule has 4 rings (SSSR count). The number of nitrogens with zero attached hydrogens (tertiary/aromatic N) is 3. The Morgan fingerprint density at radius 2 is 1.68 bits per heavy atom. The third-order valence-corrected chi connectivity index (χ3v) is 6.12. The predicted molar refractivity (Wildman–Crippen MR) is 120 cm³/mol. The van der Waals surface area contributed by atoms with Gasteiger partial charge in [0.2, 0.25) is 0 Å². The van der Waals surface area contributed by atoms with Crippen LogP contribution in [0.15, 0.2) is 53.1 Å². The number of amides is 1. The molecule has 1 aliphatic rings. The van der Waals surface area contributed by atoms with Crippen LogP contribution in [0.2, 0.25) is 10.0 Å². The van der Waals surface area contributed by atoms with Crippen molar-refractivity contribution in [3.63, 3.8) is 0 Å². The first-order valence-electron chi connectivity index (χ1n) is 10.1. The van der Waals surface area contributed by atoms with Crippen molar-refractivity contribution in [1.82, 2.24) is 15.0 Å². The molecule has 0 N–H and O–H groups in total. The van der Waals surface area contributed by atoms with Gasteiger partial charge in [0.1, 0.15) is 18.1 Å². The zero-order valence-electron chi connectivity index (χ0n) is 17.2. The number of benzene rings is 2. The van der Waals surface area contributed by atoms with E-state index in [1.54, 1.807) is 11.8 Å². The van der Waals surface area contributed by atoms with Crippen molar-refractivity contribution in [2.75, 3.05) is 26.2 Å². The number of ether oxygens (including phenoxy) is 1. The Balaban J connectivity index is 1.38. The van der Waals surface area contributed by atoms with Crippen molar-refractivity contribution in [2.45, 2.75) is 20.1 Å². The van der Waals surface area contributed by atoms with Gasteiger partial charge in [0, 0.05) is 48.3 Å². The Kier molecular flexibility index (Phi) is 6.80. The van der Waals surface area contributed by atoms with Gasteiger partial charge >= 0.3 is 0 Å².